The van der Waals surface area contributed by atoms with Gasteiger partial charge in [0.1, 0.15) is 11.6 Å². The van der Waals surface area contributed by atoms with Gasteiger partial charge < -0.3 is 9.84 Å². The lowest BCUT2D eigenvalue weighted by Crippen LogP contribution is -2.38. The fraction of sp³-hybridized carbons (Fsp3) is 0.235. The van der Waals surface area contributed by atoms with Crippen molar-refractivity contribution >= 4 is 29.2 Å². The van der Waals surface area contributed by atoms with E-state index in [0.29, 0.717) is 10.6 Å². The molecule has 2 aromatic carbocycles. The second-order valence-electron chi connectivity index (χ2n) is 5.67. The molecule has 0 radical (unpaired) electrons. The van der Waals surface area contributed by atoms with Crippen LogP contribution in [0, 0.1) is 12.7 Å². The van der Waals surface area contributed by atoms with E-state index in [9.17, 15) is 14.3 Å². The molecule has 1 N–H and O–H groups in total. The topological polar surface area (TPSA) is 46.5 Å². The molecular formula is C17H15Cl2FO3. The molecule has 0 amide bonds. The summed E-state index contributed by atoms with van der Waals surface area (Å²) < 4.78 is 20.0. The van der Waals surface area contributed by atoms with Crippen molar-refractivity contribution in [1.29, 1.82) is 0 Å². The summed E-state index contributed by atoms with van der Waals surface area (Å²) in [6.07, 6.45) is 0. The molecule has 0 unspecified atom stereocenters. The highest BCUT2D eigenvalue weighted by Crippen LogP contribution is 2.38. The van der Waals surface area contributed by atoms with Crippen molar-refractivity contribution in [2.24, 2.45) is 0 Å². The predicted octanol–water partition coefficient (Wildman–Crippen LogP) is 5.35. The van der Waals surface area contributed by atoms with Gasteiger partial charge in [0.25, 0.3) is 0 Å². The minimum atomic E-state index is -1.48. The monoisotopic (exact) mass is 356 g/mol. The number of halogens is 3. The summed E-state index contributed by atoms with van der Waals surface area (Å²) in [7, 11) is 0. The number of carboxylic acid groups (broad SMARTS) is 1. The molecule has 0 heterocycles. The van der Waals surface area contributed by atoms with Gasteiger partial charge in [0.05, 0.1) is 5.02 Å². The Morgan fingerprint density at radius 1 is 1.17 bits per heavy atom. The van der Waals surface area contributed by atoms with E-state index in [-0.39, 0.29) is 16.3 Å². The minimum Gasteiger partial charge on any atom is -0.478 e. The standard InChI is InChI=1S/C17H15Cl2FO3/c1-9-6-12(15(20)13(19)7-9)11-8-10(18)4-5-14(11)23-17(2,3)16(21)22/h4-8H,1-3H3,(H,21,22). The molecule has 0 aromatic heterocycles. The van der Waals surface area contributed by atoms with Crippen LogP contribution in [-0.4, -0.2) is 16.7 Å². The molecule has 2 aromatic rings. The summed E-state index contributed by atoms with van der Waals surface area (Å²) in [5.41, 5.74) is -0.175. The number of carboxylic acids is 1. The van der Waals surface area contributed by atoms with E-state index >= 15 is 0 Å². The number of ether oxygens (including phenoxy) is 1. The van der Waals surface area contributed by atoms with Crippen molar-refractivity contribution in [3.05, 3.63) is 51.8 Å². The number of hydrogen-bond acceptors (Lipinski definition) is 2. The van der Waals surface area contributed by atoms with Gasteiger partial charge in [0.15, 0.2) is 5.60 Å². The van der Waals surface area contributed by atoms with Crippen LogP contribution in [0.5, 0.6) is 5.75 Å². The van der Waals surface area contributed by atoms with Crippen LogP contribution in [0.1, 0.15) is 19.4 Å². The molecule has 6 heteroatoms. The van der Waals surface area contributed by atoms with Crippen LogP contribution in [-0.2, 0) is 4.79 Å². The van der Waals surface area contributed by atoms with Gasteiger partial charge >= 0.3 is 5.97 Å². The highest BCUT2D eigenvalue weighted by atomic mass is 35.5. The van der Waals surface area contributed by atoms with E-state index in [0.717, 1.165) is 5.56 Å². The number of aliphatic carboxylic acids is 1. The lowest BCUT2D eigenvalue weighted by molar-refractivity contribution is -0.152. The highest BCUT2D eigenvalue weighted by Gasteiger charge is 2.30. The minimum absolute atomic E-state index is 0.0246. The van der Waals surface area contributed by atoms with Crippen molar-refractivity contribution in [3.8, 4) is 16.9 Å². The first-order valence-electron chi connectivity index (χ1n) is 6.80. The van der Waals surface area contributed by atoms with Crippen LogP contribution < -0.4 is 4.74 Å². The molecule has 0 aliphatic carbocycles. The third-order valence-electron chi connectivity index (χ3n) is 3.28. The third-order valence-corrected chi connectivity index (χ3v) is 3.79. The Kier molecular flexibility index (Phi) is 4.87. The smallest absolute Gasteiger partial charge is 0.347 e. The molecule has 0 bridgehead atoms. The van der Waals surface area contributed by atoms with Gasteiger partial charge in [-0.2, -0.15) is 0 Å². The van der Waals surface area contributed by atoms with Gasteiger partial charge in [0.2, 0.25) is 0 Å². The number of carbonyl (C=O) groups is 1. The largest absolute Gasteiger partial charge is 0.478 e. The second kappa shape index (κ2) is 6.38. The maximum absolute atomic E-state index is 14.4. The Balaban J connectivity index is 2.64. The average Bonchev–Trinajstić information content (AvgIpc) is 2.44. The zero-order valence-electron chi connectivity index (χ0n) is 12.8. The van der Waals surface area contributed by atoms with Crippen molar-refractivity contribution < 1.29 is 19.0 Å². The summed E-state index contributed by atoms with van der Waals surface area (Å²) in [6.45, 7) is 4.60. The van der Waals surface area contributed by atoms with E-state index in [1.165, 1.54) is 32.0 Å². The van der Waals surface area contributed by atoms with Gasteiger partial charge in [-0.3, -0.25) is 0 Å². The first kappa shape index (κ1) is 17.6. The van der Waals surface area contributed by atoms with Crippen LogP contribution in [0.2, 0.25) is 10.0 Å². The van der Waals surface area contributed by atoms with Gasteiger partial charge in [-0.05, 0) is 56.7 Å². The molecule has 0 aliphatic heterocycles. The summed E-state index contributed by atoms with van der Waals surface area (Å²) >= 11 is 11.9. The molecule has 23 heavy (non-hydrogen) atoms. The van der Waals surface area contributed by atoms with E-state index < -0.39 is 17.4 Å². The molecule has 2 rings (SSSR count). The molecule has 0 aliphatic rings. The Morgan fingerprint density at radius 3 is 2.43 bits per heavy atom. The summed E-state index contributed by atoms with van der Waals surface area (Å²) in [6, 6.07) is 7.69. The van der Waals surface area contributed by atoms with Gasteiger partial charge in [-0.15, -0.1) is 0 Å². The maximum Gasteiger partial charge on any atom is 0.347 e. The van der Waals surface area contributed by atoms with E-state index in [4.69, 9.17) is 27.9 Å². The van der Waals surface area contributed by atoms with E-state index in [2.05, 4.69) is 0 Å². The summed E-state index contributed by atoms with van der Waals surface area (Å²) in [5, 5.41) is 9.56. The summed E-state index contributed by atoms with van der Waals surface area (Å²) in [4.78, 5) is 11.3. The molecule has 122 valence electrons. The zero-order valence-corrected chi connectivity index (χ0v) is 14.3. The average molecular weight is 357 g/mol. The molecule has 0 fully saturated rings. The fourth-order valence-electron chi connectivity index (χ4n) is 2.04. The Hall–Kier alpha value is -1.78. The van der Waals surface area contributed by atoms with Crippen molar-refractivity contribution in [1.82, 2.24) is 0 Å². The maximum atomic E-state index is 14.4. The van der Waals surface area contributed by atoms with E-state index in [1.54, 1.807) is 19.1 Å². The SMILES string of the molecule is Cc1cc(Cl)c(F)c(-c2cc(Cl)ccc2OC(C)(C)C(=O)O)c1. The lowest BCUT2D eigenvalue weighted by atomic mass is 10.0. The van der Waals surface area contributed by atoms with Gasteiger partial charge in [-0.25, -0.2) is 9.18 Å². The Labute approximate surface area is 143 Å². The Morgan fingerprint density at radius 2 is 1.83 bits per heavy atom. The molecule has 0 saturated heterocycles. The molecular weight excluding hydrogens is 342 g/mol. The molecule has 0 saturated carbocycles. The first-order chi connectivity index (χ1) is 10.6. The second-order valence-corrected chi connectivity index (χ2v) is 6.51. The van der Waals surface area contributed by atoms with Crippen LogP contribution in [0.25, 0.3) is 11.1 Å². The predicted molar refractivity (Wildman–Crippen MR) is 88.9 cm³/mol. The summed E-state index contributed by atoms with van der Waals surface area (Å²) in [5.74, 6) is -1.54. The quantitative estimate of drug-likeness (QED) is 0.802. The van der Waals surface area contributed by atoms with E-state index in [1.807, 2.05) is 0 Å². The number of aryl methyl sites for hydroxylation is 1. The number of hydrogen-bond donors (Lipinski definition) is 1. The zero-order chi connectivity index (χ0) is 17.4. The molecule has 3 nitrogen and oxygen atoms in total. The first-order valence-corrected chi connectivity index (χ1v) is 7.55. The van der Waals surface area contributed by atoms with Crippen LogP contribution >= 0.6 is 23.2 Å². The van der Waals surface area contributed by atoms with Crippen molar-refractivity contribution in [3.63, 3.8) is 0 Å². The van der Waals surface area contributed by atoms with Crippen LogP contribution in [0.4, 0.5) is 4.39 Å². The number of rotatable bonds is 4. The molecule has 0 spiro atoms. The van der Waals surface area contributed by atoms with Gasteiger partial charge in [-0.1, -0.05) is 23.2 Å². The molecule has 0 atom stereocenters. The van der Waals surface area contributed by atoms with Crippen LogP contribution in [0.15, 0.2) is 30.3 Å². The van der Waals surface area contributed by atoms with Crippen molar-refractivity contribution in [2.75, 3.05) is 0 Å². The Bertz CT molecular complexity index is 773. The van der Waals surface area contributed by atoms with Crippen LogP contribution in [0.3, 0.4) is 0 Å². The highest BCUT2D eigenvalue weighted by molar-refractivity contribution is 6.31. The third kappa shape index (κ3) is 3.77. The van der Waals surface area contributed by atoms with Crippen molar-refractivity contribution in [2.45, 2.75) is 26.4 Å². The lowest BCUT2D eigenvalue weighted by Gasteiger charge is -2.24. The fourth-order valence-corrected chi connectivity index (χ4v) is 2.49. The normalized spacial score (nSPS) is 11.4. The number of benzene rings is 2. The van der Waals surface area contributed by atoms with Gasteiger partial charge in [0, 0.05) is 16.1 Å².